The van der Waals surface area contributed by atoms with Crippen LogP contribution in [-0.4, -0.2) is 30.4 Å². The van der Waals surface area contributed by atoms with Gasteiger partial charge >= 0.3 is 0 Å². The zero-order valence-corrected chi connectivity index (χ0v) is 16.4. The van der Waals surface area contributed by atoms with E-state index in [-0.39, 0.29) is 30.7 Å². The molecule has 2 aromatic rings. The highest BCUT2D eigenvalue weighted by Gasteiger charge is 2.20. The first-order chi connectivity index (χ1) is 11.7. The molecule has 0 saturated carbocycles. The van der Waals surface area contributed by atoms with Crippen molar-refractivity contribution in [3.63, 3.8) is 0 Å². The number of halogens is 2. The molecule has 1 aliphatic heterocycles. The Kier molecular flexibility index (Phi) is 9.73. The Morgan fingerprint density at radius 2 is 1.88 bits per heavy atom. The zero-order chi connectivity index (χ0) is 16.8. The van der Waals surface area contributed by atoms with Gasteiger partial charge in [0.15, 0.2) is 0 Å². The van der Waals surface area contributed by atoms with Gasteiger partial charge in [0, 0.05) is 13.1 Å². The third kappa shape index (κ3) is 6.32. The van der Waals surface area contributed by atoms with Crippen LogP contribution in [0.15, 0.2) is 47.1 Å². The maximum absolute atomic E-state index is 12.1. The molecule has 3 rings (SSSR count). The summed E-state index contributed by atoms with van der Waals surface area (Å²) >= 11 is 0. The van der Waals surface area contributed by atoms with Crippen molar-refractivity contribution >= 4 is 30.7 Å². The van der Waals surface area contributed by atoms with Gasteiger partial charge in [-0.05, 0) is 43.5 Å². The third-order valence-corrected chi connectivity index (χ3v) is 4.62. The summed E-state index contributed by atoms with van der Waals surface area (Å²) in [6.45, 7) is 4.21. The van der Waals surface area contributed by atoms with Gasteiger partial charge in [-0.3, -0.25) is 9.69 Å². The van der Waals surface area contributed by atoms with Gasteiger partial charge in [0.2, 0.25) is 0 Å². The minimum Gasteiger partial charge on any atom is -0.467 e. The first-order valence-electron chi connectivity index (χ1n) is 8.56. The SMILES string of the molecule is Cl.Cl.NCc1cc(C(=O)NCC2CCN(Cc3ccccc3)CC2)co1. The van der Waals surface area contributed by atoms with E-state index in [1.165, 1.54) is 11.8 Å². The van der Waals surface area contributed by atoms with Crippen LogP contribution in [0.25, 0.3) is 0 Å². The largest absolute Gasteiger partial charge is 0.467 e. The second-order valence-electron chi connectivity index (χ2n) is 6.42. The van der Waals surface area contributed by atoms with Gasteiger partial charge in [0.1, 0.15) is 12.0 Å². The van der Waals surface area contributed by atoms with E-state index in [9.17, 15) is 4.79 Å². The van der Waals surface area contributed by atoms with E-state index >= 15 is 0 Å². The first-order valence-corrected chi connectivity index (χ1v) is 8.56. The summed E-state index contributed by atoms with van der Waals surface area (Å²) < 4.78 is 5.20. The van der Waals surface area contributed by atoms with E-state index in [0.717, 1.165) is 39.0 Å². The Labute approximate surface area is 167 Å². The van der Waals surface area contributed by atoms with Crippen LogP contribution in [0.5, 0.6) is 0 Å². The monoisotopic (exact) mass is 399 g/mol. The van der Waals surface area contributed by atoms with Crippen LogP contribution in [-0.2, 0) is 13.1 Å². The normalized spacial score (nSPS) is 15.0. The minimum absolute atomic E-state index is 0. The lowest BCUT2D eigenvalue weighted by atomic mass is 9.96. The number of likely N-dealkylation sites (tertiary alicyclic amines) is 1. The number of nitrogens with one attached hydrogen (secondary N) is 1. The molecule has 0 radical (unpaired) electrons. The van der Waals surface area contributed by atoms with E-state index in [0.29, 0.717) is 23.8 Å². The number of benzene rings is 1. The van der Waals surface area contributed by atoms with Gasteiger partial charge in [0.05, 0.1) is 12.1 Å². The lowest BCUT2D eigenvalue weighted by molar-refractivity contribution is 0.0934. The predicted octanol–water partition coefficient (Wildman–Crippen LogP) is 3.22. The van der Waals surface area contributed by atoms with Crippen molar-refractivity contribution in [2.45, 2.75) is 25.9 Å². The van der Waals surface area contributed by atoms with Crippen LogP contribution in [0.4, 0.5) is 0 Å². The predicted molar refractivity (Wildman–Crippen MR) is 108 cm³/mol. The van der Waals surface area contributed by atoms with Gasteiger partial charge in [-0.15, -0.1) is 24.8 Å². The Morgan fingerprint density at radius 3 is 2.50 bits per heavy atom. The average Bonchev–Trinajstić information content (AvgIpc) is 3.11. The molecule has 3 N–H and O–H groups in total. The number of hydrogen-bond acceptors (Lipinski definition) is 4. The van der Waals surface area contributed by atoms with Crippen molar-refractivity contribution < 1.29 is 9.21 Å². The fourth-order valence-electron chi connectivity index (χ4n) is 3.14. The number of piperidine rings is 1. The standard InChI is InChI=1S/C19H25N3O2.2ClH/c20-11-18-10-17(14-24-18)19(23)21-12-15-6-8-22(9-7-15)13-16-4-2-1-3-5-16;;/h1-5,10,14-15H,6-9,11-13,20H2,(H,21,23);2*1H. The van der Waals surface area contributed by atoms with Crippen molar-refractivity contribution in [3.05, 3.63) is 59.5 Å². The minimum atomic E-state index is -0.0786. The molecular formula is C19H27Cl2N3O2. The summed E-state index contributed by atoms with van der Waals surface area (Å²) in [5.41, 5.74) is 7.41. The summed E-state index contributed by atoms with van der Waals surface area (Å²) in [7, 11) is 0. The first kappa shape index (κ1) is 22.5. The van der Waals surface area contributed by atoms with E-state index in [4.69, 9.17) is 10.2 Å². The number of amides is 1. The molecule has 0 aliphatic carbocycles. The quantitative estimate of drug-likeness (QED) is 0.781. The van der Waals surface area contributed by atoms with Crippen molar-refractivity contribution in [3.8, 4) is 0 Å². The number of carbonyl (C=O) groups excluding carboxylic acids is 1. The average molecular weight is 400 g/mol. The molecule has 5 nitrogen and oxygen atoms in total. The molecule has 0 spiro atoms. The summed E-state index contributed by atoms with van der Waals surface area (Å²) in [6.07, 6.45) is 3.71. The molecule has 1 aromatic heterocycles. The van der Waals surface area contributed by atoms with Crippen LogP contribution < -0.4 is 11.1 Å². The third-order valence-electron chi connectivity index (χ3n) is 4.62. The van der Waals surface area contributed by atoms with Gasteiger partial charge in [-0.1, -0.05) is 30.3 Å². The van der Waals surface area contributed by atoms with Crippen LogP contribution in [0, 0.1) is 5.92 Å². The smallest absolute Gasteiger partial charge is 0.254 e. The summed E-state index contributed by atoms with van der Waals surface area (Å²) in [5.74, 6) is 1.10. The molecule has 0 atom stereocenters. The molecule has 0 unspecified atom stereocenters. The Hall–Kier alpha value is -1.53. The topological polar surface area (TPSA) is 71.5 Å². The molecule has 1 aromatic carbocycles. The summed E-state index contributed by atoms with van der Waals surface area (Å²) in [4.78, 5) is 14.6. The van der Waals surface area contributed by atoms with Gasteiger partial charge < -0.3 is 15.5 Å². The molecule has 1 fully saturated rings. The highest BCUT2D eigenvalue weighted by molar-refractivity contribution is 5.93. The maximum Gasteiger partial charge on any atom is 0.254 e. The maximum atomic E-state index is 12.1. The number of nitrogens with zero attached hydrogens (tertiary/aromatic N) is 1. The Balaban J connectivity index is 0.00000169. The Bertz CT molecular complexity index is 656. The van der Waals surface area contributed by atoms with Crippen molar-refractivity contribution in [1.29, 1.82) is 0 Å². The molecule has 144 valence electrons. The number of carbonyl (C=O) groups is 1. The molecule has 2 heterocycles. The Morgan fingerprint density at radius 1 is 1.19 bits per heavy atom. The second kappa shape index (κ2) is 11.2. The van der Waals surface area contributed by atoms with E-state index < -0.39 is 0 Å². The van der Waals surface area contributed by atoms with Crippen LogP contribution >= 0.6 is 24.8 Å². The molecule has 7 heteroatoms. The lowest BCUT2D eigenvalue weighted by Gasteiger charge is -2.32. The number of nitrogens with two attached hydrogens (primary N) is 1. The molecule has 1 amide bonds. The van der Waals surface area contributed by atoms with Crippen molar-refractivity contribution in [1.82, 2.24) is 10.2 Å². The van der Waals surface area contributed by atoms with Crippen molar-refractivity contribution in [2.24, 2.45) is 11.7 Å². The number of hydrogen-bond donors (Lipinski definition) is 2. The number of furan rings is 1. The van der Waals surface area contributed by atoms with Gasteiger partial charge in [-0.2, -0.15) is 0 Å². The molecule has 1 saturated heterocycles. The summed E-state index contributed by atoms with van der Waals surface area (Å²) in [6, 6.07) is 12.3. The van der Waals surface area contributed by atoms with Crippen LogP contribution in [0.1, 0.15) is 34.5 Å². The molecular weight excluding hydrogens is 373 g/mol. The fourth-order valence-corrected chi connectivity index (χ4v) is 3.14. The highest BCUT2D eigenvalue weighted by atomic mass is 35.5. The lowest BCUT2D eigenvalue weighted by Crippen LogP contribution is -2.38. The van der Waals surface area contributed by atoms with Gasteiger partial charge in [-0.25, -0.2) is 0 Å². The summed E-state index contributed by atoms with van der Waals surface area (Å²) in [5, 5.41) is 3.01. The second-order valence-corrected chi connectivity index (χ2v) is 6.42. The fraction of sp³-hybridized carbons (Fsp3) is 0.421. The van der Waals surface area contributed by atoms with Crippen molar-refractivity contribution in [2.75, 3.05) is 19.6 Å². The molecule has 26 heavy (non-hydrogen) atoms. The van der Waals surface area contributed by atoms with Crippen LogP contribution in [0.2, 0.25) is 0 Å². The zero-order valence-electron chi connectivity index (χ0n) is 14.7. The number of rotatable bonds is 6. The van der Waals surface area contributed by atoms with Gasteiger partial charge in [0.25, 0.3) is 5.91 Å². The van der Waals surface area contributed by atoms with Crippen LogP contribution in [0.3, 0.4) is 0 Å². The van der Waals surface area contributed by atoms with E-state index in [1.807, 2.05) is 0 Å². The van der Waals surface area contributed by atoms with E-state index in [1.54, 1.807) is 6.07 Å². The molecule has 0 bridgehead atoms. The van der Waals surface area contributed by atoms with E-state index in [2.05, 4.69) is 40.5 Å². The highest BCUT2D eigenvalue weighted by Crippen LogP contribution is 2.18. The molecule has 1 aliphatic rings.